The molecule has 2 unspecified atom stereocenters. The molecule has 2 N–H and O–H groups in total. The molecule has 0 aliphatic heterocycles. The van der Waals surface area contributed by atoms with Crippen LogP contribution in [0.4, 0.5) is 5.82 Å². The van der Waals surface area contributed by atoms with Crippen molar-refractivity contribution >= 4 is 17.6 Å². The van der Waals surface area contributed by atoms with Crippen LogP contribution in [0.2, 0.25) is 0 Å². The van der Waals surface area contributed by atoms with Crippen LogP contribution in [0.1, 0.15) is 19.3 Å². The molecule has 1 aliphatic carbocycles. The molecule has 5 nitrogen and oxygen atoms in total. The number of ether oxygens (including phenoxy) is 1. The minimum Gasteiger partial charge on any atom is -0.489 e. The van der Waals surface area contributed by atoms with E-state index in [-0.39, 0.29) is 11.3 Å². The van der Waals surface area contributed by atoms with Crippen molar-refractivity contribution in [1.82, 2.24) is 9.97 Å². The van der Waals surface area contributed by atoms with Crippen molar-refractivity contribution in [2.24, 2.45) is 0 Å². The first-order valence-electron chi connectivity index (χ1n) is 5.65. The molecule has 0 radical (unpaired) electrons. The standard InChI is InChI=1S/C11H17N3O2S/c1-16-9-10(12-6-13-11(9)15)14-7-3-4-8(5-7)17-2/h6-8H,3-5H2,1-2H3,(H2,12,13,14,15). The van der Waals surface area contributed by atoms with Crippen LogP contribution in [0.5, 0.6) is 5.75 Å². The molecule has 2 atom stereocenters. The lowest BCUT2D eigenvalue weighted by Gasteiger charge is -2.14. The lowest BCUT2D eigenvalue weighted by molar-refractivity contribution is 0.407. The van der Waals surface area contributed by atoms with Gasteiger partial charge in [0.2, 0.25) is 5.75 Å². The number of aromatic amines is 1. The quantitative estimate of drug-likeness (QED) is 0.853. The molecule has 1 aromatic heterocycles. The van der Waals surface area contributed by atoms with Gasteiger partial charge in [0.25, 0.3) is 5.56 Å². The van der Waals surface area contributed by atoms with Gasteiger partial charge in [-0.25, -0.2) is 4.98 Å². The lowest BCUT2D eigenvalue weighted by atomic mass is 10.2. The first-order valence-corrected chi connectivity index (χ1v) is 6.94. The number of anilines is 1. The number of methoxy groups -OCH3 is 1. The van der Waals surface area contributed by atoms with Gasteiger partial charge in [-0.1, -0.05) is 0 Å². The Kier molecular flexibility index (Phi) is 3.93. The highest BCUT2D eigenvalue weighted by Gasteiger charge is 2.25. The van der Waals surface area contributed by atoms with E-state index in [4.69, 9.17) is 4.74 Å². The van der Waals surface area contributed by atoms with Crippen molar-refractivity contribution in [1.29, 1.82) is 0 Å². The molecule has 1 saturated carbocycles. The Labute approximate surface area is 104 Å². The van der Waals surface area contributed by atoms with E-state index in [9.17, 15) is 4.79 Å². The normalized spacial score (nSPS) is 23.6. The number of nitrogens with zero attached hydrogens (tertiary/aromatic N) is 1. The zero-order chi connectivity index (χ0) is 12.3. The van der Waals surface area contributed by atoms with Crippen molar-refractivity contribution in [2.75, 3.05) is 18.7 Å². The minimum atomic E-state index is -0.246. The molecule has 1 heterocycles. The Morgan fingerprint density at radius 3 is 3.06 bits per heavy atom. The van der Waals surface area contributed by atoms with Crippen molar-refractivity contribution in [3.05, 3.63) is 16.7 Å². The molecule has 0 aromatic carbocycles. The van der Waals surface area contributed by atoms with Crippen LogP contribution in [-0.2, 0) is 0 Å². The third kappa shape index (κ3) is 2.74. The van der Waals surface area contributed by atoms with Crippen molar-refractivity contribution in [2.45, 2.75) is 30.6 Å². The van der Waals surface area contributed by atoms with Gasteiger partial charge in [-0.2, -0.15) is 11.8 Å². The second kappa shape index (κ2) is 5.44. The van der Waals surface area contributed by atoms with Crippen molar-refractivity contribution in [3.63, 3.8) is 0 Å². The Morgan fingerprint density at radius 1 is 1.59 bits per heavy atom. The molecule has 2 rings (SSSR count). The molecule has 0 amide bonds. The van der Waals surface area contributed by atoms with E-state index < -0.39 is 0 Å². The second-order valence-electron chi connectivity index (χ2n) is 4.13. The molecule has 1 aromatic rings. The lowest BCUT2D eigenvalue weighted by Crippen LogP contribution is -2.20. The largest absolute Gasteiger partial charge is 0.489 e. The fraction of sp³-hybridized carbons (Fsp3) is 0.636. The Morgan fingerprint density at radius 2 is 2.41 bits per heavy atom. The molecule has 6 heteroatoms. The van der Waals surface area contributed by atoms with E-state index in [0.717, 1.165) is 12.8 Å². The van der Waals surface area contributed by atoms with Crippen molar-refractivity contribution in [3.8, 4) is 5.75 Å². The van der Waals surface area contributed by atoms with E-state index in [1.807, 2.05) is 11.8 Å². The predicted molar refractivity (Wildman–Crippen MR) is 70.0 cm³/mol. The summed E-state index contributed by atoms with van der Waals surface area (Å²) >= 11 is 1.90. The molecule has 1 fully saturated rings. The van der Waals surface area contributed by atoms with Crippen LogP contribution in [0, 0.1) is 0 Å². The molecule has 0 bridgehead atoms. The van der Waals surface area contributed by atoms with E-state index in [0.29, 0.717) is 17.1 Å². The first kappa shape index (κ1) is 12.3. The smallest absolute Gasteiger partial charge is 0.295 e. The SMILES string of the molecule is COc1c(NC2CCC(SC)C2)nc[nH]c1=O. The topological polar surface area (TPSA) is 67.0 Å². The van der Waals surface area contributed by atoms with Crippen molar-refractivity contribution < 1.29 is 4.74 Å². The van der Waals surface area contributed by atoms with E-state index in [1.54, 1.807) is 0 Å². The van der Waals surface area contributed by atoms with Gasteiger partial charge in [0.15, 0.2) is 5.82 Å². The van der Waals surface area contributed by atoms with Crippen LogP contribution in [0.25, 0.3) is 0 Å². The third-order valence-corrected chi connectivity index (χ3v) is 4.17. The summed E-state index contributed by atoms with van der Waals surface area (Å²) in [6.45, 7) is 0. The fourth-order valence-electron chi connectivity index (χ4n) is 2.16. The van der Waals surface area contributed by atoms with E-state index in [2.05, 4.69) is 21.5 Å². The molecule has 94 valence electrons. The molecular formula is C11H17N3O2S. The van der Waals surface area contributed by atoms with E-state index in [1.165, 1.54) is 19.9 Å². The van der Waals surface area contributed by atoms with Crippen LogP contribution < -0.4 is 15.6 Å². The molecule has 0 spiro atoms. The van der Waals surface area contributed by atoms with Gasteiger partial charge in [-0.3, -0.25) is 4.79 Å². The van der Waals surface area contributed by atoms with Crippen LogP contribution in [0.15, 0.2) is 11.1 Å². The average Bonchev–Trinajstić information content (AvgIpc) is 2.77. The summed E-state index contributed by atoms with van der Waals surface area (Å²) in [5.74, 6) is 0.808. The summed E-state index contributed by atoms with van der Waals surface area (Å²) in [6, 6.07) is 0.385. The number of nitrogens with one attached hydrogen (secondary N) is 2. The monoisotopic (exact) mass is 255 g/mol. The number of aromatic nitrogens is 2. The van der Waals surface area contributed by atoms with Gasteiger partial charge >= 0.3 is 0 Å². The van der Waals surface area contributed by atoms with E-state index >= 15 is 0 Å². The van der Waals surface area contributed by atoms with Gasteiger partial charge in [-0.15, -0.1) is 0 Å². The number of H-pyrrole nitrogens is 1. The van der Waals surface area contributed by atoms with Gasteiger partial charge in [-0.05, 0) is 25.5 Å². The number of hydrogen-bond acceptors (Lipinski definition) is 5. The highest BCUT2D eigenvalue weighted by Crippen LogP contribution is 2.30. The summed E-state index contributed by atoms with van der Waals surface area (Å²) in [5, 5.41) is 4.00. The molecule has 1 aliphatic rings. The maximum absolute atomic E-state index is 11.5. The highest BCUT2D eigenvalue weighted by atomic mass is 32.2. The zero-order valence-electron chi connectivity index (χ0n) is 10.0. The first-order chi connectivity index (χ1) is 8.24. The molecule has 17 heavy (non-hydrogen) atoms. The average molecular weight is 255 g/mol. The van der Waals surface area contributed by atoms with Crippen LogP contribution in [0.3, 0.4) is 0 Å². The summed E-state index contributed by atoms with van der Waals surface area (Å²) in [4.78, 5) is 18.1. The third-order valence-electron chi connectivity index (χ3n) is 3.07. The van der Waals surface area contributed by atoms with Gasteiger partial charge in [0.1, 0.15) is 0 Å². The number of rotatable bonds is 4. The minimum absolute atomic E-state index is 0.246. The maximum atomic E-state index is 11.5. The van der Waals surface area contributed by atoms with Crippen LogP contribution in [-0.4, -0.2) is 34.6 Å². The predicted octanol–water partition coefficient (Wildman–Crippen LogP) is 1.47. The number of hydrogen-bond donors (Lipinski definition) is 2. The Balaban J connectivity index is 2.09. The van der Waals surface area contributed by atoms with Gasteiger partial charge in [0, 0.05) is 11.3 Å². The maximum Gasteiger partial charge on any atom is 0.295 e. The van der Waals surface area contributed by atoms with Gasteiger partial charge in [0.05, 0.1) is 13.4 Å². The summed E-state index contributed by atoms with van der Waals surface area (Å²) in [6.07, 6.45) is 6.97. The molecular weight excluding hydrogens is 238 g/mol. The van der Waals surface area contributed by atoms with Gasteiger partial charge < -0.3 is 15.0 Å². The summed E-state index contributed by atoms with van der Waals surface area (Å²) in [7, 11) is 1.48. The highest BCUT2D eigenvalue weighted by molar-refractivity contribution is 7.99. The second-order valence-corrected chi connectivity index (χ2v) is 5.26. The Bertz CT molecular complexity index is 435. The summed E-state index contributed by atoms with van der Waals surface area (Å²) < 4.78 is 5.07. The molecule has 0 saturated heterocycles. The zero-order valence-corrected chi connectivity index (χ0v) is 10.8. The summed E-state index contributed by atoms with van der Waals surface area (Å²) in [5.41, 5.74) is -0.246. The fourth-order valence-corrected chi connectivity index (χ4v) is 2.95. The Hall–Kier alpha value is -1.17. The number of thioether (sulfide) groups is 1. The van der Waals surface area contributed by atoms with Crippen LogP contribution >= 0.6 is 11.8 Å².